The summed E-state index contributed by atoms with van der Waals surface area (Å²) in [7, 11) is 2.05. The third-order valence-electron chi connectivity index (χ3n) is 3.74. The molecule has 3 atom stereocenters. The van der Waals surface area contributed by atoms with Crippen LogP contribution in [-0.4, -0.2) is 7.05 Å². The summed E-state index contributed by atoms with van der Waals surface area (Å²) >= 11 is 3.48. The molecule has 0 spiro atoms. The lowest BCUT2D eigenvalue weighted by Gasteiger charge is -2.32. The molecule has 16 heavy (non-hydrogen) atoms. The molecule has 1 N–H and O–H groups in total. The Morgan fingerprint density at radius 2 is 2.31 bits per heavy atom. The third-order valence-corrected chi connectivity index (χ3v) is 4.39. The Morgan fingerprint density at radius 1 is 1.50 bits per heavy atom. The molecule has 0 aromatic carbocycles. The second kappa shape index (κ2) is 5.37. The summed E-state index contributed by atoms with van der Waals surface area (Å²) in [6.07, 6.45) is 7.16. The molecule has 0 bridgehead atoms. The Balaban J connectivity index is 2.13. The molecule has 0 saturated heterocycles. The third kappa shape index (κ3) is 2.51. The van der Waals surface area contributed by atoms with Gasteiger partial charge in [0.2, 0.25) is 0 Å². The highest BCUT2D eigenvalue weighted by Crippen LogP contribution is 2.39. The summed E-state index contributed by atoms with van der Waals surface area (Å²) in [5, 5.41) is 3.45. The molecule has 0 radical (unpaired) electrons. The van der Waals surface area contributed by atoms with Gasteiger partial charge in [0.05, 0.1) is 6.26 Å². The van der Waals surface area contributed by atoms with E-state index in [4.69, 9.17) is 4.42 Å². The van der Waals surface area contributed by atoms with E-state index in [9.17, 15) is 0 Å². The first-order valence-corrected chi connectivity index (χ1v) is 6.91. The Hall–Kier alpha value is -0.280. The molecule has 1 fully saturated rings. The Bertz CT molecular complexity index is 336. The van der Waals surface area contributed by atoms with Gasteiger partial charge in [-0.25, -0.2) is 0 Å². The van der Waals surface area contributed by atoms with E-state index in [0.717, 1.165) is 16.5 Å². The van der Waals surface area contributed by atoms with Crippen LogP contribution >= 0.6 is 15.9 Å². The van der Waals surface area contributed by atoms with Gasteiger partial charge in [-0.1, -0.05) is 19.8 Å². The zero-order valence-electron chi connectivity index (χ0n) is 10.0. The molecule has 3 heteroatoms. The van der Waals surface area contributed by atoms with Crippen molar-refractivity contribution in [1.29, 1.82) is 0 Å². The Kier molecular flexibility index (Phi) is 4.09. The summed E-state index contributed by atoms with van der Waals surface area (Å²) in [6, 6.07) is 2.50. The molecule has 1 heterocycles. The highest BCUT2D eigenvalue weighted by atomic mass is 79.9. The van der Waals surface area contributed by atoms with Gasteiger partial charge in [-0.2, -0.15) is 0 Å². The molecule has 1 aromatic heterocycles. The predicted octanol–water partition coefficient (Wildman–Crippen LogP) is 4.13. The molecule has 0 aliphatic heterocycles. The molecule has 1 saturated carbocycles. The quantitative estimate of drug-likeness (QED) is 0.903. The fourth-order valence-electron chi connectivity index (χ4n) is 2.96. The number of hydrogen-bond donors (Lipinski definition) is 1. The maximum absolute atomic E-state index is 5.34. The molecular formula is C13H20BrNO. The van der Waals surface area contributed by atoms with Crippen LogP contribution < -0.4 is 5.32 Å². The van der Waals surface area contributed by atoms with Gasteiger partial charge in [-0.15, -0.1) is 0 Å². The van der Waals surface area contributed by atoms with Gasteiger partial charge in [-0.3, -0.25) is 0 Å². The maximum atomic E-state index is 5.34. The zero-order chi connectivity index (χ0) is 11.5. The van der Waals surface area contributed by atoms with Gasteiger partial charge in [0, 0.05) is 11.6 Å². The van der Waals surface area contributed by atoms with Crippen molar-refractivity contribution in [3.63, 3.8) is 0 Å². The molecule has 3 unspecified atom stereocenters. The SMILES string of the molecule is CNC(c1ccoc1Br)C1CCCC(C)C1. The minimum absolute atomic E-state index is 0.427. The van der Waals surface area contributed by atoms with Crippen molar-refractivity contribution in [1.82, 2.24) is 5.32 Å². The first-order chi connectivity index (χ1) is 7.72. The normalized spacial score (nSPS) is 27.9. The topological polar surface area (TPSA) is 25.2 Å². The van der Waals surface area contributed by atoms with Crippen molar-refractivity contribution in [3.8, 4) is 0 Å². The van der Waals surface area contributed by atoms with E-state index in [1.54, 1.807) is 6.26 Å². The van der Waals surface area contributed by atoms with Gasteiger partial charge < -0.3 is 9.73 Å². The van der Waals surface area contributed by atoms with E-state index in [1.807, 2.05) is 7.05 Å². The highest BCUT2D eigenvalue weighted by molar-refractivity contribution is 9.10. The maximum Gasteiger partial charge on any atom is 0.173 e. The van der Waals surface area contributed by atoms with Crippen LogP contribution in [0.15, 0.2) is 21.4 Å². The average Bonchev–Trinajstić information content (AvgIpc) is 2.67. The summed E-state index contributed by atoms with van der Waals surface area (Å²) in [4.78, 5) is 0. The van der Waals surface area contributed by atoms with E-state index in [0.29, 0.717) is 6.04 Å². The van der Waals surface area contributed by atoms with Crippen molar-refractivity contribution in [2.24, 2.45) is 11.8 Å². The van der Waals surface area contributed by atoms with Crippen molar-refractivity contribution >= 4 is 15.9 Å². The van der Waals surface area contributed by atoms with Crippen LogP contribution in [0, 0.1) is 11.8 Å². The molecule has 1 aliphatic carbocycles. The Morgan fingerprint density at radius 3 is 2.88 bits per heavy atom. The number of halogens is 1. The van der Waals surface area contributed by atoms with E-state index in [1.165, 1.54) is 31.2 Å². The second-order valence-corrected chi connectivity index (χ2v) is 5.67. The van der Waals surface area contributed by atoms with E-state index in [2.05, 4.69) is 34.2 Å². The van der Waals surface area contributed by atoms with Crippen molar-refractivity contribution < 1.29 is 4.42 Å². The van der Waals surface area contributed by atoms with Crippen LogP contribution in [-0.2, 0) is 0 Å². The number of furan rings is 1. The van der Waals surface area contributed by atoms with Crippen molar-refractivity contribution in [2.75, 3.05) is 7.05 Å². The number of nitrogens with one attached hydrogen (secondary N) is 1. The monoisotopic (exact) mass is 285 g/mol. The van der Waals surface area contributed by atoms with Gasteiger partial charge in [-0.05, 0) is 53.7 Å². The summed E-state index contributed by atoms with van der Waals surface area (Å²) < 4.78 is 6.22. The van der Waals surface area contributed by atoms with Crippen LogP contribution in [0.2, 0.25) is 0 Å². The minimum Gasteiger partial charge on any atom is -0.457 e. The second-order valence-electron chi connectivity index (χ2n) is 4.95. The molecule has 1 aliphatic rings. The van der Waals surface area contributed by atoms with Gasteiger partial charge in [0.1, 0.15) is 0 Å². The molecule has 0 amide bonds. The lowest BCUT2D eigenvalue weighted by Crippen LogP contribution is -2.28. The van der Waals surface area contributed by atoms with Crippen molar-refractivity contribution in [3.05, 3.63) is 22.6 Å². The van der Waals surface area contributed by atoms with Crippen molar-refractivity contribution in [2.45, 2.75) is 38.6 Å². The minimum atomic E-state index is 0.427. The summed E-state index contributed by atoms with van der Waals surface area (Å²) in [6.45, 7) is 2.36. The largest absolute Gasteiger partial charge is 0.457 e. The van der Waals surface area contributed by atoms with Crippen LogP contribution in [0.25, 0.3) is 0 Å². The molecule has 2 rings (SSSR count). The van der Waals surface area contributed by atoms with Crippen LogP contribution in [0.4, 0.5) is 0 Å². The number of rotatable bonds is 3. The van der Waals surface area contributed by atoms with Crippen LogP contribution in [0.3, 0.4) is 0 Å². The fourth-order valence-corrected chi connectivity index (χ4v) is 3.44. The summed E-state index contributed by atoms with van der Waals surface area (Å²) in [5.41, 5.74) is 1.27. The molecule has 90 valence electrons. The van der Waals surface area contributed by atoms with E-state index >= 15 is 0 Å². The zero-order valence-corrected chi connectivity index (χ0v) is 11.6. The van der Waals surface area contributed by atoms with Gasteiger partial charge >= 0.3 is 0 Å². The van der Waals surface area contributed by atoms with Crippen LogP contribution in [0.5, 0.6) is 0 Å². The highest BCUT2D eigenvalue weighted by Gasteiger charge is 2.28. The summed E-state index contributed by atoms with van der Waals surface area (Å²) in [5.74, 6) is 1.60. The molecule has 2 nitrogen and oxygen atoms in total. The fraction of sp³-hybridized carbons (Fsp3) is 0.692. The van der Waals surface area contributed by atoms with E-state index < -0.39 is 0 Å². The van der Waals surface area contributed by atoms with E-state index in [-0.39, 0.29) is 0 Å². The van der Waals surface area contributed by atoms with Gasteiger partial charge in [0.25, 0.3) is 0 Å². The average molecular weight is 286 g/mol. The smallest absolute Gasteiger partial charge is 0.173 e. The molecular weight excluding hydrogens is 266 g/mol. The molecule has 1 aromatic rings. The lowest BCUT2D eigenvalue weighted by atomic mass is 9.77. The number of hydrogen-bond acceptors (Lipinski definition) is 2. The lowest BCUT2D eigenvalue weighted by molar-refractivity contribution is 0.228. The van der Waals surface area contributed by atoms with Gasteiger partial charge in [0.15, 0.2) is 4.67 Å². The van der Waals surface area contributed by atoms with Crippen LogP contribution in [0.1, 0.15) is 44.2 Å². The Labute approximate surface area is 106 Å². The first kappa shape index (κ1) is 12.2. The predicted molar refractivity (Wildman–Crippen MR) is 69.3 cm³/mol. The first-order valence-electron chi connectivity index (χ1n) is 6.12. The standard InChI is InChI=1S/C13H20BrNO/c1-9-4-3-5-10(8-9)12(15-2)11-6-7-16-13(11)14/h6-7,9-10,12,15H,3-5,8H2,1-2H3.